The molecule has 2 amide bonds. The van der Waals surface area contributed by atoms with E-state index in [-0.39, 0.29) is 17.7 Å². The number of amides is 2. The molecule has 21 heavy (non-hydrogen) atoms. The summed E-state index contributed by atoms with van der Waals surface area (Å²) in [7, 11) is 1.59. The van der Waals surface area contributed by atoms with Crippen molar-refractivity contribution in [3.63, 3.8) is 0 Å². The van der Waals surface area contributed by atoms with Gasteiger partial charge in [-0.3, -0.25) is 14.5 Å². The third-order valence-electron chi connectivity index (χ3n) is 3.70. The standard InChI is InChI=1S/C14H19N3O3S/c1-20-8-6-15-12(18)13-16-11-10(21-13)3-2-7-17(11)14(19)9-4-5-9/h9H,2-8H2,1H3,(H,15,18). The fourth-order valence-electron chi connectivity index (χ4n) is 2.43. The Kier molecular flexibility index (Phi) is 4.21. The van der Waals surface area contributed by atoms with Gasteiger partial charge in [-0.25, -0.2) is 4.98 Å². The number of aryl methyl sites for hydroxylation is 1. The molecule has 1 N–H and O–H groups in total. The average Bonchev–Trinajstić information content (AvgIpc) is 3.24. The van der Waals surface area contributed by atoms with Gasteiger partial charge in [-0.2, -0.15) is 0 Å². The van der Waals surface area contributed by atoms with E-state index in [4.69, 9.17) is 4.74 Å². The summed E-state index contributed by atoms with van der Waals surface area (Å²) in [4.78, 5) is 31.6. The molecule has 1 aromatic rings. The summed E-state index contributed by atoms with van der Waals surface area (Å²) in [5.41, 5.74) is 0. The minimum absolute atomic E-state index is 0.174. The van der Waals surface area contributed by atoms with Crippen LogP contribution in [0.2, 0.25) is 0 Å². The Morgan fingerprint density at radius 2 is 2.29 bits per heavy atom. The third kappa shape index (κ3) is 3.08. The summed E-state index contributed by atoms with van der Waals surface area (Å²) in [6, 6.07) is 0. The first-order valence-corrected chi connectivity index (χ1v) is 8.10. The first-order valence-electron chi connectivity index (χ1n) is 7.29. The second-order valence-electron chi connectivity index (χ2n) is 5.38. The molecule has 2 heterocycles. The van der Waals surface area contributed by atoms with Gasteiger partial charge in [0.2, 0.25) is 5.91 Å². The molecule has 0 radical (unpaired) electrons. The van der Waals surface area contributed by atoms with Crippen LogP contribution in [0.15, 0.2) is 0 Å². The Labute approximate surface area is 127 Å². The number of carbonyl (C=O) groups excluding carboxylic acids is 2. The number of nitrogens with one attached hydrogen (secondary N) is 1. The number of ether oxygens (including phenoxy) is 1. The molecule has 0 aromatic carbocycles. The van der Waals surface area contributed by atoms with Gasteiger partial charge in [0.15, 0.2) is 5.01 Å². The SMILES string of the molecule is COCCNC(=O)c1nc2c(s1)CCCN2C(=O)C1CC1. The lowest BCUT2D eigenvalue weighted by molar-refractivity contribution is -0.119. The molecule has 0 unspecified atom stereocenters. The van der Waals surface area contributed by atoms with Crippen LogP contribution < -0.4 is 10.2 Å². The summed E-state index contributed by atoms with van der Waals surface area (Å²) >= 11 is 1.40. The van der Waals surface area contributed by atoms with E-state index in [9.17, 15) is 9.59 Å². The fourth-order valence-corrected chi connectivity index (χ4v) is 3.45. The van der Waals surface area contributed by atoms with Crippen LogP contribution >= 0.6 is 11.3 Å². The van der Waals surface area contributed by atoms with Crippen LogP contribution in [0.5, 0.6) is 0 Å². The van der Waals surface area contributed by atoms with Crippen molar-refractivity contribution in [2.45, 2.75) is 25.7 Å². The number of rotatable bonds is 5. The van der Waals surface area contributed by atoms with Gasteiger partial charge < -0.3 is 10.1 Å². The Bertz CT molecular complexity index is 554. The van der Waals surface area contributed by atoms with Gasteiger partial charge in [0.25, 0.3) is 5.91 Å². The molecule has 3 rings (SSSR count). The van der Waals surface area contributed by atoms with Crippen LogP contribution in [0, 0.1) is 5.92 Å². The summed E-state index contributed by atoms with van der Waals surface area (Å²) in [6.07, 6.45) is 3.81. The molecule has 0 saturated heterocycles. The van der Waals surface area contributed by atoms with Gasteiger partial charge in [0.1, 0.15) is 5.82 Å². The number of fused-ring (bicyclic) bond motifs is 1. The highest BCUT2D eigenvalue weighted by atomic mass is 32.1. The van der Waals surface area contributed by atoms with E-state index < -0.39 is 0 Å². The molecule has 2 aliphatic rings. The number of nitrogens with zero attached hydrogens (tertiary/aromatic N) is 2. The molecule has 1 aliphatic carbocycles. The Morgan fingerprint density at radius 3 is 3.00 bits per heavy atom. The minimum Gasteiger partial charge on any atom is -0.383 e. The summed E-state index contributed by atoms with van der Waals surface area (Å²) in [6.45, 7) is 1.66. The Balaban J connectivity index is 1.74. The largest absolute Gasteiger partial charge is 0.383 e. The molecule has 1 aromatic heterocycles. The Morgan fingerprint density at radius 1 is 1.48 bits per heavy atom. The molecular weight excluding hydrogens is 290 g/mol. The van der Waals surface area contributed by atoms with Gasteiger partial charge in [0, 0.05) is 31.0 Å². The highest BCUT2D eigenvalue weighted by molar-refractivity contribution is 7.14. The highest BCUT2D eigenvalue weighted by Crippen LogP contribution is 2.37. The van der Waals surface area contributed by atoms with Crippen LogP contribution in [0.25, 0.3) is 0 Å². The number of thiazole rings is 1. The highest BCUT2D eigenvalue weighted by Gasteiger charge is 2.37. The summed E-state index contributed by atoms with van der Waals surface area (Å²) in [5, 5.41) is 3.21. The second kappa shape index (κ2) is 6.11. The van der Waals surface area contributed by atoms with Gasteiger partial charge in [0.05, 0.1) is 6.61 Å². The van der Waals surface area contributed by atoms with Crippen LogP contribution in [-0.2, 0) is 16.0 Å². The predicted octanol–water partition coefficient (Wildman–Crippen LogP) is 1.21. The molecule has 1 saturated carbocycles. The zero-order valence-corrected chi connectivity index (χ0v) is 12.9. The first kappa shape index (κ1) is 14.5. The topological polar surface area (TPSA) is 71.5 Å². The molecular formula is C14H19N3O3S. The van der Waals surface area contributed by atoms with Crippen LogP contribution in [0.1, 0.15) is 33.9 Å². The predicted molar refractivity (Wildman–Crippen MR) is 79.7 cm³/mol. The first-order chi connectivity index (χ1) is 10.2. The molecule has 114 valence electrons. The normalized spacial score (nSPS) is 17.5. The lowest BCUT2D eigenvalue weighted by atomic mass is 10.1. The number of methoxy groups -OCH3 is 1. The third-order valence-corrected chi connectivity index (χ3v) is 4.80. The maximum atomic E-state index is 12.3. The Hall–Kier alpha value is -1.47. The van der Waals surface area contributed by atoms with Gasteiger partial charge >= 0.3 is 0 Å². The molecule has 6 nitrogen and oxygen atoms in total. The smallest absolute Gasteiger partial charge is 0.280 e. The van der Waals surface area contributed by atoms with Gasteiger partial charge in [-0.15, -0.1) is 11.3 Å². The van der Waals surface area contributed by atoms with Crippen molar-refractivity contribution in [2.24, 2.45) is 5.92 Å². The zero-order chi connectivity index (χ0) is 14.8. The monoisotopic (exact) mass is 309 g/mol. The summed E-state index contributed by atoms with van der Waals surface area (Å²) in [5.74, 6) is 0.870. The van der Waals surface area contributed by atoms with E-state index in [1.807, 2.05) is 0 Å². The number of aromatic nitrogens is 1. The number of hydrogen-bond acceptors (Lipinski definition) is 5. The van der Waals surface area contributed by atoms with Crippen molar-refractivity contribution in [2.75, 3.05) is 31.7 Å². The van der Waals surface area contributed by atoms with Crippen molar-refractivity contribution < 1.29 is 14.3 Å². The lowest BCUT2D eigenvalue weighted by Crippen LogP contribution is -2.36. The van der Waals surface area contributed by atoms with E-state index in [2.05, 4.69) is 10.3 Å². The van der Waals surface area contributed by atoms with Crippen molar-refractivity contribution in [3.05, 3.63) is 9.88 Å². The number of carbonyl (C=O) groups is 2. The van der Waals surface area contributed by atoms with E-state index >= 15 is 0 Å². The van der Waals surface area contributed by atoms with Gasteiger partial charge in [-0.05, 0) is 25.7 Å². The minimum atomic E-state index is -0.190. The van der Waals surface area contributed by atoms with Crippen LogP contribution in [-0.4, -0.2) is 43.6 Å². The van der Waals surface area contributed by atoms with E-state index in [0.29, 0.717) is 24.0 Å². The van der Waals surface area contributed by atoms with E-state index in [1.54, 1.807) is 12.0 Å². The lowest BCUT2D eigenvalue weighted by Gasteiger charge is -2.25. The second-order valence-corrected chi connectivity index (χ2v) is 6.47. The molecule has 1 aliphatic heterocycles. The van der Waals surface area contributed by atoms with E-state index in [1.165, 1.54) is 11.3 Å². The van der Waals surface area contributed by atoms with Crippen molar-refractivity contribution in [1.29, 1.82) is 0 Å². The quantitative estimate of drug-likeness (QED) is 0.830. The van der Waals surface area contributed by atoms with Crippen LogP contribution in [0.4, 0.5) is 5.82 Å². The van der Waals surface area contributed by atoms with Crippen molar-refractivity contribution >= 4 is 29.0 Å². The summed E-state index contributed by atoms with van der Waals surface area (Å²) < 4.78 is 4.91. The van der Waals surface area contributed by atoms with E-state index in [0.717, 1.165) is 37.1 Å². The molecule has 0 atom stereocenters. The number of anilines is 1. The fraction of sp³-hybridized carbons (Fsp3) is 0.643. The molecule has 0 spiro atoms. The maximum absolute atomic E-state index is 12.3. The molecule has 1 fully saturated rings. The molecule has 0 bridgehead atoms. The number of hydrogen-bond donors (Lipinski definition) is 1. The maximum Gasteiger partial charge on any atom is 0.280 e. The molecule has 7 heteroatoms. The zero-order valence-electron chi connectivity index (χ0n) is 12.1. The van der Waals surface area contributed by atoms with Crippen molar-refractivity contribution in [1.82, 2.24) is 10.3 Å². The van der Waals surface area contributed by atoms with Crippen LogP contribution in [0.3, 0.4) is 0 Å². The van der Waals surface area contributed by atoms with Crippen molar-refractivity contribution in [3.8, 4) is 0 Å². The van der Waals surface area contributed by atoms with Gasteiger partial charge in [-0.1, -0.05) is 0 Å². The average molecular weight is 309 g/mol.